The molecule has 0 aromatic rings. The highest BCUT2D eigenvalue weighted by atomic mass is 19.4. The van der Waals surface area contributed by atoms with Gasteiger partial charge in [-0.25, -0.2) is 0 Å². The van der Waals surface area contributed by atoms with E-state index in [1.165, 1.54) is 0 Å². The highest BCUT2D eigenvalue weighted by molar-refractivity contribution is 4.78. The Morgan fingerprint density at radius 1 is 1.27 bits per heavy atom. The zero-order chi connectivity index (χ0) is 8.48. The summed E-state index contributed by atoms with van der Waals surface area (Å²) in [5, 5.41) is 2.77. The van der Waals surface area contributed by atoms with E-state index in [4.69, 9.17) is 0 Å². The maximum absolute atomic E-state index is 12.1. The molecule has 4 heteroatoms. The Morgan fingerprint density at radius 2 is 1.91 bits per heavy atom. The van der Waals surface area contributed by atoms with E-state index in [1.807, 2.05) is 6.92 Å². The SMILES string of the molecule is C[C@@H]1CNC[C@@H](C(F)(F)F)C1. The van der Waals surface area contributed by atoms with Gasteiger partial charge in [-0.05, 0) is 18.9 Å². The molecule has 66 valence electrons. The summed E-state index contributed by atoms with van der Waals surface area (Å²) >= 11 is 0. The third kappa shape index (κ3) is 2.36. The standard InChI is InChI=1S/C7H12F3N/c1-5-2-6(4-11-3-5)7(8,9)10/h5-6,11H,2-4H2,1H3/t5-,6-/m0/s1. The molecule has 1 aliphatic rings. The topological polar surface area (TPSA) is 12.0 Å². The van der Waals surface area contributed by atoms with E-state index in [-0.39, 0.29) is 18.9 Å². The molecular weight excluding hydrogens is 155 g/mol. The molecule has 1 aliphatic heterocycles. The number of rotatable bonds is 0. The van der Waals surface area contributed by atoms with Crippen LogP contribution in [-0.4, -0.2) is 19.3 Å². The number of alkyl halides is 3. The predicted octanol–water partition coefficient (Wildman–Crippen LogP) is 1.79. The van der Waals surface area contributed by atoms with Gasteiger partial charge in [0.05, 0.1) is 5.92 Å². The highest BCUT2D eigenvalue weighted by Crippen LogP contribution is 2.32. The minimum atomic E-state index is -4.01. The maximum atomic E-state index is 12.1. The van der Waals surface area contributed by atoms with Crippen LogP contribution in [0.4, 0.5) is 13.2 Å². The van der Waals surface area contributed by atoms with Crippen LogP contribution >= 0.6 is 0 Å². The van der Waals surface area contributed by atoms with Crippen LogP contribution in [0.3, 0.4) is 0 Å². The molecule has 1 fully saturated rings. The fourth-order valence-electron chi connectivity index (χ4n) is 1.41. The Morgan fingerprint density at radius 3 is 2.27 bits per heavy atom. The second-order valence-electron chi connectivity index (χ2n) is 3.24. The van der Waals surface area contributed by atoms with Crippen molar-refractivity contribution in [1.82, 2.24) is 5.32 Å². The van der Waals surface area contributed by atoms with Gasteiger partial charge in [-0.15, -0.1) is 0 Å². The van der Waals surface area contributed by atoms with Crippen LogP contribution in [-0.2, 0) is 0 Å². The van der Waals surface area contributed by atoms with Crippen molar-refractivity contribution in [3.05, 3.63) is 0 Å². The van der Waals surface area contributed by atoms with Crippen molar-refractivity contribution >= 4 is 0 Å². The molecule has 0 bridgehead atoms. The lowest BCUT2D eigenvalue weighted by Crippen LogP contribution is -2.41. The summed E-state index contributed by atoms with van der Waals surface area (Å²) < 4.78 is 36.2. The first-order chi connectivity index (χ1) is 5.00. The van der Waals surface area contributed by atoms with Crippen molar-refractivity contribution in [3.8, 4) is 0 Å². The molecule has 0 spiro atoms. The lowest BCUT2D eigenvalue weighted by molar-refractivity contribution is -0.181. The third-order valence-electron chi connectivity index (χ3n) is 2.03. The molecule has 1 heterocycles. The van der Waals surface area contributed by atoms with Gasteiger partial charge in [0, 0.05) is 6.54 Å². The number of piperidine rings is 1. The number of halogens is 3. The molecule has 0 aromatic heterocycles. The summed E-state index contributed by atoms with van der Waals surface area (Å²) in [5.74, 6) is -0.985. The predicted molar refractivity (Wildman–Crippen MR) is 36.2 cm³/mol. The van der Waals surface area contributed by atoms with E-state index in [1.54, 1.807) is 0 Å². The second-order valence-corrected chi connectivity index (χ2v) is 3.24. The molecule has 1 N–H and O–H groups in total. The smallest absolute Gasteiger partial charge is 0.316 e. The fourth-order valence-corrected chi connectivity index (χ4v) is 1.41. The number of hydrogen-bond acceptors (Lipinski definition) is 1. The van der Waals surface area contributed by atoms with Gasteiger partial charge in [-0.2, -0.15) is 13.2 Å². The van der Waals surface area contributed by atoms with Crippen LogP contribution < -0.4 is 5.32 Å². The van der Waals surface area contributed by atoms with Crippen molar-refractivity contribution in [2.75, 3.05) is 13.1 Å². The van der Waals surface area contributed by atoms with Crippen molar-refractivity contribution in [1.29, 1.82) is 0 Å². The lowest BCUT2D eigenvalue weighted by Gasteiger charge is -2.29. The van der Waals surface area contributed by atoms with Gasteiger partial charge in [-0.3, -0.25) is 0 Å². The lowest BCUT2D eigenvalue weighted by atomic mass is 9.91. The summed E-state index contributed by atoms with van der Waals surface area (Å²) in [7, 11) is 0. The Hall–Kier alpha value is -0.250. The summed E-state index contributed by atoms with van der Waals surface area (Å²) in [5.41, 5.74) is 0. The molecule has 0 unspecified atom stereocenters. The Labute approximate surface area is 64.0 Å². The average Bonchev–Trinajstić information content (AvgIpc) is 1.86. The van der Waals surface area contributed by atoms with Crippen LogP contribution in [0.1, 0.15) is 13.3 Å². The van der Waals surface area contributed by atoms with Crippen molar-refractivity contribution in [2.24, 2.45) is 11.8 Å². The molecule has 1 nitrogen and oxygen atoms in total. The van der Waals surface area contributed by atoms with Gasteiger partial charge >= 0.3 is 6.18 Å². The molecule has 0 aliphatic carbocycles. The molecule has 0 radical (unpaired) electrons. The van der Waals surface area contributed by atoms with E-state index in [9.17, 15) is 13.2 Å². The molecule has 1 saturated heterocycles. The van der Waals surface area contributed by atoms with Gasteiger partial charge in [0.15, 0.2) is 0 Å². The van der Waals surface area contributed by atoms with Gasteiger partial charge in [0.25, 0.3) is 0 Å². The van der Waals surface area contributed by atoms with E-state index < -0.39 is 12.1 Å². The summed E-state index contributed by atoms with van der Waals surface area (Å²) in [6.07, 6.45) is -3.74. The number of hydrogen-bond donors (Lipinski definition) is 1. The van der Waals surface area contributed by atoms with Gasteiger partial charge < -0.3 is 5.32 Å². The Balaban J connectivity index is 2.46. The quantitative estimate of drug-likeness (QED) is 0.580. The van der Waals surface area contributed by atoms with Crippen LogP contribution in [0.2, 0.25) is 0 Å². The van der Waals surface area contributed by atoms with Crippen molar-refractivity contribution in [3.63, 3.8) is 0 Å². The summed E-state index contributed by atoms with van der Waals surface area (Å²) in [4.78, 5) is 0. The normalized spacial score (nSPS) is 33.8. The maximum Gasteiger partial charge on any atom is 0.393 e. The van der Waals surface area contributed by atoms with Gasteiger partial charge in [-0.1, -0.05) is 6.92 Å². The van der Waals surface area contributed by atoms with E-state index in [0.717, 1.165) is 0 Å². The fraction of sp³-hybridized carbons (Fsp3) is 1.00. The zero-order valence-corrected chi connectivity index (χ0v) is 6.41. The first kappa shape index (κ1) is 8.84. The van der Waals surface area contributed by atoms with Gasteiger partial charge in [0.2, 0.25) is 0 Å². The second kappa shape index (κ2) is 3.01. The average molecular weight is 167 g/mol. The van der Waals surface area contributed by atoms with Crippen LogP contribution in [0, 0.1) is 11.8 Å². The zero-order valence-electron chi connectivity index (χ0n) is 6.41. The first-order valence-electron chi connectivity index (χ1n) is 3.77. The molecule has 1 rings (SSSR count). The molecular formula is C7H12F3N. The summed E-state index contributed by atoms with van der Waals surface area (Å²) in [6.45, 7) is 2.64. The molecule has 0 aromatic carbocycles. The first-order valence-corrected chi connectivity index (χ1v) is 3.77. The largest absolute Gasteiger partial charge is 0.393 e. The molecule has 2 atom stereocenters. The minimum Gasteiger partial charge on any atom is -0.316 e. The van der Waals surface area contributed by atoms with Crippen LogP contribution in [0.5, 0.6) is 0 Å². The van der Waals surface area contributed by atoms with E-state index >= 15 is 0 Å². The van der Waals surface area contributed by atoms with Crippen LogP contribution in [0.15, 0.2) is 0 Å². The Bertz CT molecular complexity index is 132. The molecule has 11 heavy (non-hydrogen) atoms. The van der Waals surface area contributed by atoms with E-state index in [2.05, 4.69) is 5.32 Å². The molecule has 0 amide bonds. The number of nitrogens with one attached hydrogen (secondary N) is 1. The van der Waals surface area contributed by atoms with Gasteiger partial charge in [0.1, 0.15) is 0 Å². The third-order valence-corrected chi connectivity index (χ3v) is 2.03. The Kier molecular flexibility index (Phi) is 2.42. The van der Waals surface area contributed by atoms with Crippen molar-refractivity contribution < 1.29 is 13.2 Å². The monoisotopic (exact) mass is 167 g/mol. The minimum absolute atomic E-state index is 0.0911. The van der Waals surface area contributed by atoms with Crippen molar-refractivity contribution in [2.45, 2.75) is 19.5 Å². The highest BCUT2D eigenvalue weighted by Gasteiger charge is 2.41. The van der Waals surface area contributed by atoms with Crippen LogP contribution in [0.25, 0.3) is 0 Å². The van der Waals surface area contributed by atoms with E-state index in [0.29, 0.717) is 6.54 Å². The summed E-state index contributed by atoms with van der Waals surface area (Å²) in [6, 6.07) is 0. The molecule has 0 saturated carbocycles.